The Morgan fingerprint density at radius 3 is 2.11 bits per heavy atom. The van der Waals surface area contributed by atoms with Crippen LogP contribution in [0.5, 0.6) is 0 Å². The van der Waals surface area contributed by atoms with Gasteiger partial charge in [-0.15, -0.1) is 0 Å². The molecule has 1 heterocycles. The highest BCUT2D eigenvalue weighted by atomic mass is 32.1. The lowest BCUT2D eigenvalue weighted by molar-refractivity contribution is 0.0957. The van der Waals surface area contributed by atoms with Gasteiger partial charge in [-0.2, -0.15) is 0 Å². The van der Waals surface area contributed by atoms with E-state index in [0.29, 0.717) is 11.3 Å². The molecule has 0 fully saturated rings. The van der Waals surface area contributed by atoms with E-state index < -0.39 is 0 Å². The molecule has 0 saturated carbocycles. The molecule has 5 aromatic carbocycles. The van der Waals surface area contributed by atoms with E-state index in [1.165, 1.54) is 5.01 Å². The largest absolute Gasteiger partial charge is 0.374 e. The fourth-order valence-corrected chi connectivity index (χ4v) is 4.79. The summed E-state index contributed by atoms with van der Waals surface area (Å²) in [5.74, 6) is -0.301. The van der Waals surface area contributed by atoms with Crippen molar-refractivity contribution in [2.24, 2.45) is 5.73 Å². The van der Waals surface area contributed by atoms with Gasteiger partial charge in [0.2, 0.25) is 0 Å². The van der Waals surface area contributed by atoms with Crippen LogP contribution in [0.25, 0.3) is 43.4 Å². The highest BCUT2D eigenvalue weighted by molar-refractivity contribution is 7.80. The number of rotatable bonds is 2. The Balaban J connectivity index is 1.58. The van der Waals surface area contributed by atoms with Crippen LogP contribution in [0, 0.1) is 0 Å². The second kappa shape index (κ2) is 8.34. The van der Waals surface area contributed by atoms with Crippen molar-refractivity contribution in [1.29, 1.82) is 0 Å². The zero-order valence-corrected chi connectivity index (χ0v) is 19.4. The number of aromatic nitrogens is 1. The number of nitrogens with one attached hydrogen (secondary N) is 1. The van der Waals surface area contributed by atoms with Gasteiger partial charge in [0.1, 0.15) is 0 Å². The Kier molecular flexibility index (Phi) is 5.01. The minimum absolute atomic E-state index is 0.0319. The average Bonchev–Trinajstić information content (AvgIpc) is 2.90. The summed E-state index contributed by atoms with van der Waals surface area (Å²) in [6, 6.07) is 33.3. The smallest absolute Gasteiger partial charge is 0.270 e. The second-order valence-corrected chi connectivity index (χ2v) is 8.72. The van der Waals surface area contributed by atoms with Gasteiger partial charge in [0.15, 0.2) is 5.11 Å². The van der Waals surface area contributed by atoms with Crippen LogP contribution in [-0.4, -0.2) is 16.0 Å². The number of nitrogens with two attached hydrogens (primary N) is 1. The van der Waals surface area contributed by atoms with Gasteiger partial charge in [0.25, 0.3) is 5.91 Å². The molecule has 1 amide bonds. The molecule has 0 saturated heterocycles. The standard InChI is InChI=1S/C29H20N4OS/c30-29(35)33(32-28(34)22-14-7-10-18-8-1-3-11-20(18)22)27-23-13-5-6-15-25(23)31-26-21-12-4-2-9-19(21)16-17-24(26)27/h1-17H,(H2,30,35)(H,32,34). The van der Waals surface area contributed by atoms with E-state index in [4.69, 9.17) is 22.9 Å². The number of pyridine rings is 1. The number of hydrogen-bond acceptors (Lipinski definition) is 3. The van der Waals surface area contributed by atoms with E-state index in [9.17, 15) is 4.79 Å². The van der Waals surface area contributed by atoms with Gasteiger partial charge in [-0.3, -0.25) is 10.2 Å². The van der Waals surface area contributed by atoms with Gasteiger partial charge < -0.3 is 5.73 Å². The second-order valence-electron chi connectivity index (χ2n) is 8.30. The third-order valence-corrected chi connectivity index (χ3v) is 6.42. The molecular weight excluding hydrogens is 452 g/mol. The Morgan fingerprint density at radius 1 is 0.714 bits per heavy atom. The number of amides is 1. The van der Waals surface area contributed by atoms with Crippen molar-refractivity contribution in [2.75, 3.05) is 5.01 Å². The van der Waals surface area contributed by atoms with Crippen LogP contribution in [0.3, 0.4) is 0 Å². The van der Waals surface area contributed by atoms with Crippen molar-refractivity contribution in [3.05, 3.63) is 109 Å². The first-order chi connectivity index (χ1) is 17.1. The summed E-state index contributed by atoms with van der Waals surface area (Å²) in [7, 11) is 0. The molecule has 6 aromatic rings. The van der Waals surface area contributed by atoms with E-state index in [-0.39, 0.29) is 11.0 Å². The van der Waals surface area contributed by atoms with Crippen LogP contribution >= 0.6 is 12.2 Å². The first kappa shape index (κ1) is 21.0. The quantitative estimate of drug-likeness (QED) is 0.138. The summed E-state index contributed by atoms with van der Waals surface area (Å²) < 4.78 is 0. The van der Waals surface area contributed by atoms with Crippen LogP contribution in [-0.2, 0) is 0 Å². The summed E-state index contributed by atoms with van der Waals surface area (Å²) in [5.41, 5.74) is 12.0. The van der Waals surface area contributed by atoms with E-state index in [1.54, 1.807) is 6.07 Å². The molecule has 0 aliphatic rings. The summed E-state index contributed by atoms with van der Waals surface area (Å²) >= 11 is 5.45. The number of thiocarbonyl (C=S) groups is 1. The Hall–Kier alpha value is -4.55. The van der Waals surface area contributed by atoms with Crippen molar-refractivity contribution in [2.45, 2.75) is 0 Å². The molecule has 6 rings (SSSR count). The number of nitrogens with zero attached hydrogens (tertiary/aromatic N) is 2. The van der Waals surface area contributed by atoms with Gasteiger partial charge in [-0.1, -0.05) is 84.9 Å². The number of benzene rings is 5. The van der Waals surface area contributed by atoms with Crippen LogP contribution in [0.2, 0.25) is 0 Å². The van der Waals surface area contributed by atoms with Crippen molar-refractivity contribution < 1.29 is 4.79 Å². The fraction of sp³-hybridized carbons (Fsp3) is 0. The van der Waals surface area contributed by atoms with Gasteiger partial charge >= 0.3 is 0 Å². The van der Waals surface area contributed by atoms with Crippen LogP contribution in [0.4, 0.5) is 5.69 Å². The number of anilines is 1. The predicted molar refractivity (Wildman–Crippen MR) is 147 cm³/mol. The molecule has 35 heavy (non-hydrogen) atoms. The SMILES string of the molecule is NC(=S)N(NC(=O)c1cccc2ccccc12)c1c2ccccc2nc2c1ccc1ccccc12. The van der Waals surface area contributed by atoms with Crippen LogP contribution in [0.15, 0.2) is 103 Å². The molecule has 0 radical (unpaired) electrons. The third kappa shape index (κ3) is 3.52. The molecular formula is C29H20N4OS. The molecule has 0 bridgehead atoms. The van der Waals surface area contributed by atoms with E-state index in [1.807, 2.05) is 91.0 Å². The fourth-order valence-electron chi connectivity index (χ4n) is 4.65. The first-order valence-electron chi connectivity index (χ1n) is 11.2. The van der Waals surface area contributed by atoms with Crippen LogP contribution in [0.1, 0.15) is 10.4 Å². The summed E-state index contributed by atoms with van der Waals surface area (Å²) in [5, 5.41) is 7.13. The van der Waals surface area contributed by atoms with Crippen molar-refractivity contribution in [3.63, 3.8) is 0 Å². The molecule has 1 aromatic heterocycles. The topological polar surface area (TPSA) is 71.2 Å². The number of carbonyl (C=O) groups excluding carboxylic acids is 1. The number of hydrazine groups is 1. The molecule has 0 atom stereocenters. The van der Waals surface area contributed by atoms with E-state index >= 15 is 0 Å². The summed E-state index contributed by atoms with van der Waals surface area (Å²) in [6.45, 7) is 0. The van der Waals surface area contributed by atoms with Crippen molar-refractivity contribution in [1.82, 2.24) is 10.4 Å². The minimum Gasteiger partial charge on any atom is -0.374 e. The summed E-state index contributed by atoms with van der Waals surface area (Å²) in [4.78, 5) is 18.5. The van der Waals surface area contributed by atoms with Gasteiger partial charge in [-0.25, -0.2) is 9.99 Å². The number of fused-ring (bicyclic) bond motifs is 5. The molecule has 0 aliphatic heterocycles. The molecule has 0 spiro atoms. The molecule has 168 valence electrons. The van der Waals surface area contributed by atoms with E-state index in [2.05, 4.69) is 11.5 Å². The van der Waals surface area contributed by atoms with Crippen molar-refractivity contribution in [3.8, 4) is 0 Å². The van der Waals surface area contributed by atoms with E-state index in [0.717, 1.165) is 43.4 Å². The zero-order valence-electron chi connectivity index (χ0n) is 18.6. The van der Waals surface area contributed by atoms with Gasteiger partial charge in [0.05, 0.1) is 16.7 Å². The Morgan fingerprint density at radius 2 is 1.34 bits per heavy atom. The third-order valence-electron chi connectivity index (χ3n) is 6.24. The average molecular weight is 473 g/mol. The predicted octanol–water partition coefficient (Wildman–Crippen LogP) is 6.09. The van der Waals surface area contributed by atoms with Crippen LogP contribution < -0.4 is 16.2 Å². The summed E-state index contributed by atoms with van der Waals surface area (Å²) in [6.07, 6.45) is 0. The lowest BCUT2D eigenvalue weighted by atomic mass is 10.0. The number of para-hydroxylation sites is 1. The Bertz CT molecular complexity index is 1790. The number of hydrogen-bond donors (Lipinski definition) is 2. The lowest BCUT2D eigenvalue weighted by Crippen LogP contribution is -2.49. The molecule has 5 nitrogen and oxygen atoms in total. The zero-order chi connectivity index (χ0) is 23.9. The maximum absolute atomic E-state index is 13.5. The molecule has 0 aliphatic carbocycles. The number of carbonyl (C=O) groups is 1. The maximum atomic E-state index is 13.5. The molecule has 0 unspecified atom stereocenters. The highest BCUT2D eigenvalue weighted by Gasteiger charge is 2.22. The highest BCUT2D eigenvalue weighted by Crippen LogP contribution is 2.36. The van der Waals surface area contributed by atoms with Gasteiger partial charge in [0, 0.05) is 21.7 Å². The Labute approximate surface area is 206 Å². The molecule has 6 heteroatoms. The van der Waals surface area contributed by atoms with Crippen molar-refractivity contribution >= 4 is 72.3 Å². The van der Waals surface area contributed by atoms with Gasteiger partial charge in [-0.05, 0) is 46.6 Å². The monoisotopic (exact) mass is 472 g/mol. The molecule has 3 N–H and O–H groups in total. The first-order valence-corrected chi connectivity index (χ1v) is 11.6. The lowest BCUT2D eigenvalue weighted by Gasteiger charge is -2.26. The minimum atomic E-state index is -0.301. The normalized spacial score (nSPS) is 11.2. The maximum Gasteiger partial charge on any atom is 0.270 e.